The molecule has 0 radical (unpaired) electrons. The maximum atomic E-state index is 5.55. The van der Waals surface area contributed by atoms with Crippen molar-refractivity contribution in [3.63, 3.8) is 0 Å². The Balaban J connectivity index is 1.37. The molecule has 5 rings (SSSR count). The number of aromatic nitrogens is 4. The Bertz CT molecular complexity index is 1150. The van der Waals surface area contributed by atoms with Gasteiger partial charge in [0.05, 0.1) is 5.52 Å². The number of likely N-dealkylation sites (N-methyl/N-ethyl adjacent to an activating group) is 1. The fraction of sp³-hybridized carbons (Fsp3) is 0.286. The van der Waals surface area contributed by atoms with Gasteiger partial charge in [0.25, 0.3) is 5.89 Å². The third kappa shape index (κ3) is 3.83. The molecule has 8 heteroatoms. The van der Waals surface area contributed by atoms with Crippen LogP contribution in [0.15, 0.2) is 51.6 Å². The molecule has 0 bridgehead atoms. The molecule has 0 spiro atoms. The summed E-state index contributed by atoms with van der Waals surface area (Å²) in [6.45, 7) is 5.37. The van der Waals surface area contributed by atoms with E-state index in [1.54, 1.807) is 0 Å². The normalized spacial score (nSPS) is 15.9. The molecule has 0 amide bonds. The van der Waals surface area contributed by atoms with Crippen LogP contribution in [-0.2, 0) is 6.54 Å². The second kappa shape index (κ2) is 7.70. The predicted octanol–water partition coefficient (Wildman–Crippen LogP) is 3.79. The van der Waals surface area contributed by atoms with Gasteiger partial charge >= 0.3 is 0 Å². The van der Waals surface area contributed by atoms with Crippen LogP contribution in [0.25, 0.3) is 33.7 Å². The number of aromatic amines is 1. The highest BCUT2D eigenvalue weighted by molar-refractivity contribution is 9.10. The standard InChI is InChI=1S/C21H21BrN6O/c1-27-7-9-28(10-8-27)13-14-3-2-4-15(11-14)20-23-21(29-26-20)16-5-6-18-17(12-16)19(22)25-24-18/h2-6,11-12H,7-10,13H2,1H3,(H,24,25). The highest BCUT2D eigenvalue weighted by Gasteiger charge is 2.16. The monoisotopic (exact) mass is 452 g/mol. The van der Waals surface area contributed by atoms with Crippen LogP contribution in [0.1, 0.15) is 5.56 Å². The van der Waals surface area contributed by atoms with Gasteiger partial charge in [-0.25, -0.2) is 0 Å². The molecule has 4 aromatic rings. The van der Waals surface area contributed by atoms with Gasteiger partial charge in [0.15, 0.2) is 0 Å². The highest BCUT2D eigenvalue weighted by Crippen LogP contribution is 2.28. The molecule has 2 aromatic heterocycles. The summed E-state index contributed by atoms with van der Waals surface area (Å²) in [5.41, 5.74) is 3.99. The van der Waals surface area contributed by atoms with E-state index in [4.69, 9.17) is 4.52 Å². The van der Waals surface area contributed by atoms with E-state index in [1.807, 2.05) is 24.3 Å². The molecule has 2 aromatic carbocycles. The fourth-order valence-electron chi connectivity index (χ4n) is 3.64. The Morgan fingerprint density at radius 3 is 2.79 bits per heavy atom. The molecule has 7 nitrogen and oxygen atoms in total. The lowest BCUT2D eigenvalue weighted by Crippen LogP contribution is -2.43. The fourth-order valence-corrected chi connectivity index (χ4v) is 4.05. The zero-order valence-electron chi connectivity index (χ0n) is 16.1. The minimum Gasteiger partial charge on any atom is -0.334 e. The van der Waals surface area contributed by atoms with Crippen molar-refractivity contribution in [3.05, 3.63) is 52.6 Å². The summed E-state index contributed by atoms with van der Waals surface area (Å²) in [7, 11) is 2.18. The Morgan fingerprint density at radius 2 is 1.93 bits per heavy atom. The number of fused-ring (bicyclic) bond motifs is 1. The number of nitrogens with zero attached hydrogens (tertiary/aromatic N) is 5. The van der Waals surface area contributed by atoms with Crippen LogP contribution >= 0.6 is 15.9 Å². The quantitative estimate of drug-likeness (QED) is 0.507. The summed E-state index contributed by atoms with van der Waals surface area (Å²) < 4.78 is 6.39. The van der Waals surface area contributed by atoms with E-state index in [0.29, 0.717) is 11.7 Å². The van der Waals surface area contributed by atoms with Crippen LogP contribution in [0.3, 0.4) is 0 Å². The van der Waals surface area contributed by atoms with Gasteiger partial charge in [-0.1, -0.05) is 23.4 Å². The average molecular weight is 453 g/mol. The van der Waals surface area contributed by atoms with E-state index in [-0.39, 0.29) is 0 Å². The molecule has 1 N–H and O–H groups in total. The van der Waals surface area contributed by atoms with Gasteiger partial charge in [0.1, 0.15) is 4.60 Å². The second-order valence-corrected chi connectivity index (χ2v) is 8.27. The molecule has 1 fully saturated rings. The Morgan fingerprint density at radius 1 is 1.07 bits per heavy atom. The average Bonchev–Trinajstić information content (AvgIpc) is 3.37. The van der Waals surface area contributed by atoms with Crippen molar-refractivity contribution in [1.29, 1.82) is 0 Å². The van der Waals surface area contributed by atoms with Gasteiger partial charge in [-0.2, -0.15) is 10.1 Å². The molecule has 0 atom stereocenters. The van der Waals surface area contributed by atoms with Crippen molar-refractivity contribution in [2.75, 3.05) is 33.2 Å². The lowest BCUT2D eigenvalue weighted by atomic mass is 10.1. The topological polar surface area (TPSA) is 74.1 Å². The number of hydrogen-bond donors (Lipinski definition) is 1. The first kappa shape index (κ1) is 18.5. The summed E-state index contributed by atoms with van der Waals surface area (Å²) >= 11 is 3.48. The van der Waals surface area contributed by atoms with E-state index >= 15 is 0 Å². The number of hydrogen-bond acceptors (Lipinski definition) is 6. The summed E-state index contributed by atoms with van der Waals surface area (Å²) in [5, 5.41) is 12.3. The lowest BCUT2D eigenvalue weighted by Gasteiger charge is -2.32. The number of piperazine rings is 1. The number of halogens is 1. The van der Waals surface area contributed by atoms with Gasteiger partial charge in [0, 0.05) is 49.2 Å². The van der Waals surface area contributed by atoms with Crippen molar-refractivity contribution < 1.29 is 4.52 Å². The first-order valence-electron chi connectivity index (χ1n) is 9.64. The van der Waals surface area contributed by atoms with Gasteiger partial charge in [0.2, 0.25) is 5.82 Å². The molecular formula is C21H21BrN6O. The number of nitrogens with one attached hydrogen (secondary N) is 1. The molecular weight excluding hydrogens is 432 g/mol. The zero-order valence-corrected chi connectivity index (χ0v) is 17.7. The molecule has 0 unspecified atom stereocenters. The van der Waals surface area contributed by atoms with Crippen LogP contribution in [0.2, 0.25) is 0 Å². The Kier molecular flexibility index (Phi) is 4.91. The lowest BCUT2D eigenvalue weighted by molar-refractivity contribution is 0.148. The van der Waals surface area contributed by atoms with Gasteiger partial charge in [-0.3, -0.25) is 10.00 Å². The summed E-state index contributed by atoms with van der Waals surface area (Å²) in [6, 6.07) is 14.3. The zero-order chi connectivity index (χ0) is 19.8. The van der Waals surface area contributed by atoms with Crippen LogP contribution in [0, 0.1) is 0 Å². The van der Waals surface area contributed by atoms with Gasteiger partial charge in [-0.15, -0.1) is 0 Å². The Labute approximate surface area is 176 Å². The number of rotatable bonds is 4. The molecule has 3 heterocycles. The maximum absolute atomic E-state index is 5.55. The van der Waals surface area contributed by atoms with E-state index in [1.165, 1.54) is 5.56 Å². The maximum Gasteiger partial charge on any atom is 0.258 e. The van der Waals surface area contributed by atoms with Gasteiger partial charge < -0.3 is 9.42 Å². The molecule has 29 heavy (non-hydrogen) atoms. The van der Waals surface area contributed by atoms with E-state index in [2.05, 4.69) is 71.3 Å². The smallest absolute Gasteiger partial charge is 0.258 e. The molecule has 0 saturated carbocycles. The predicted molar refractivity (Wildman–Crippen MR) is 115 cm³/mol. The SMILES string of the molecule is CN1CCN(Cc2cccc(-c3noc(-c4ccc5n[nH]c(Br)c5c4)n3)c2)CC1. The first-order chi connectivity index (χ1) is 14.2. The van der Waals surface area contributed by atoms with Crippen LogP contribution in [0.5, 0.6) is 0 Å². The molecule has 1 aliphatic heterocycles. The third-order valence-corrected chi connectivity index (χ3v) is 5.97. The molecule has 1 aliphatic rings. The van der Waals surface area contributed by atoms with Crippen LogP contribution in [0.4, 0.5) is 0 Å². The van der Waals surface area contributed by atoms with Crippen molar-refractivity contribution in [2.24, 2.45) is 0 Å². The highest BCUT2D eigenvalue weighted by atomic mass is 79.9. The number of benzene rings is 2. The van der Waals surface area contributed by atoms with Crippen LogP contribution < -0.4 is 0 Å². The van der Waals surface area contributed by atoms with Gasteiger partial charge in [-0.05, 0) is 52.8 Å². The van der Waals surface area contributed by atoms with Crippen molar-refractivity contribution in [3.8, 4) is 22.8 Å². The first-order valence-corrected chi connectivity index (χ1v) is 10.4. The Hall–Kier alpha value is -2.55. The van der Waals surface area contributed by atoms with E-state index in [0.717, 1.165) is 59.4 Å². The third-order valence-electron chi connectivity index (χ3n) is 5.37. The van der Waals surface area contributed by atoms with E-state index in [9.17, 15) is 0 Å². The second-order valence-electron chi connectivity index (χ2n) is 7.47. The minimum absolute atomic E-state index is 0.500. The number of H-pyrrole nitrogens is 1. The van der Waals surface area contributed by atoms with Crippen molar-refractivity contribution in [1.82, 2.24) is 30.1 Å². The van der Waals surface area contributed by atoms with Crippen molar-refractivity contribution in [2.45, 2.75) is 6.54 Å². The molecule has 1 saturated heterocycles. The minimum atomic E-state index is 0.500. The summed E-state index contributed by atoms with van der Waals surface area (Å²) in [6.07, 6.45) is 0. The van der Waals surface area contributed by atoms with E-state index < -0.39 is 0 Å². The summed E-state index contributed by atoms with van der Waals surface area (Å²) in [4.78, 5) is 9.48. The molecule has 0 aliphatic carbocycles. The van der Waals surface area contributed by atoms with Crippen molar-refractivity contribution >= 4 is 26.8 Å². The summed E-state index contributed by atoms with van der Waals surface area (Å²) in [5.74, 6) is 1.10. The van der Waals surface area contributed by atoms with Crippen LogP contribution in [-0.4, -0.2) is 63.4 Å². The molecule has 148 valence electrons. The largest absolute Gasteiger partial charge is 0.334 e.